The molecule has 0 spiro atoms. The Hall–Kier alpha value is -3.07. The van der Waals surface area contributed by atoms with Crippen molar-refractivity contribution in [1.82, 2.24) is 9.80 Å². The number of ether oxygens (including phenoxy) is 3. The SMILES string of the molecule is CCCCCCOc1ccc(C2c3c(oc4ccc(Cl)cc4c3=O)C(=O)N2CCN2CCOCC2)cc1OC. The minimum Gasteiger partial charge on any atom is -0.493 e. The summed E-state index contributed by atoms with van der Waals surface area (Å²) >= 11 is 6.21. The fourth-order valence-corrected chi connectivity index (χ4v) is 5.50. The molecule has 9 heteroatoms. The van der Waals surface area contributed by atoms with Gasteiger partial charge in [0.2, 0.25) is 5.76 Å². The van der Waals surface area contributed by atoms with E-state index in [2.05, 4.69) is 11.8 Å². The molecule has 5 rings (SSSR count). The van der Waals surface area contributed by atoms with Crippen LogP contribution < -0.4 is 14.9 Å². The van der Waals surface area contributed by atoms with Crippen LogP contribution in [0.1, 0.15) is 60.3 Å². The van der Waals surface area contributed by atoms with Crippen molar-refractivity contribution in [3.8, 4) is 11.5 Å². The van der Waals surface area contributed by atoms with Crippen LogP contribution in [-0.4, -0.2) is 68.8 Å². The minimum atomic E-state index is -0.624. The predicted molar refractivity (Wildman–Crippen MR) is 150 cm³/mol. The average Bonchev–Trinajstić information content (AvgIpc) is 3.24. The van der Waals surface area contributed by atoms with Crippen molar-refractivity contribution >= 4 is 28.5 Å². The second-order valence-electron chi connectivity index (χ2n) is 9.99. The largest absolute Gasteiger partial charge is 0.493 e. The summed E-state index contributed by atoms with van der Waals surface area (Å²) in [6, 6.07) is 9.87. The number of carbonyl (C=O) groups excluding carboxylic acids is 1. The van der Waals surface area contributed by atoms with Crippen molar-refractivity contribution < 1.29 is 23.4 Å². The highest BCUT2D eigenvalue weighted by molar-refractivity contribution is 6.31. The second kappa shape index (κ2) is 12.4. The molecule has 2 aromatic carbocycles. The zero-order valence-electron chi connectivity index (χ0n) is 22.5. The number of unbranched alkanes of at least 4 members (excludes halogenated alkanes) is 3. The number of hydrogen-bond acceptors (Lipinski definition) is 7. The molecule has 208 valence electrons. The molecule has 0 aliphatic carbocycles. The summed E-state index contributed by atoms with van der Waals surface area (Å²) in [5.74, 6) is 0.981. The van der Waals surface area contributed by atoms with E-state index < -0.39 is 6.04 Å². The standard InChI is InChI=1S/C30H35ClN2O6/c1-3-4-5-6-15-38-24-9-7-20(18-25(24)36-2)27-26-28(34)22-19-21(31)8-10-23(22)39-29(26)30(35)33(27)12-11-32-13-16-37-17-14-32/h7-10,18-19,27H,3-6,11-17H2,1-2H3. The topological polar surface area (TPSA) is 81.5 Å². The van der Waals surface area contributed by atoms with E-state index in [0.29, 0.717) is 66.0 Å². The van der Waals surface area contributed by atoms with Gasteiger partial charge < -0.3 is 23.5 Å². The maximum atomic E-state index is 13.8. The van der Waals surface area contributed by atoms with Gasteiger partial charge in [0.25, 0.3) is 5.91 Å². The van der Waals surface area contributed by atoms with Gasteiger partial charge in [-0.25, -0.2) is 0 Å². The lowest BCUT2D eigenvalue weighted by Crippen LogP contribution is -2.42. The smallest absolute Gasteiger partial charge is 0.290 e. The van der Waals surface area contributed by atoms with E-state index in [-0.39, 0.29) is 17.1 Å². The van der Waals surface area contributed by atoms with E-state index in [1.807, 2.05) is 18.2 Å². The third-order valence-corrected chi connectivity index (χ3v) is 7.68. The average molecular weight is 555 g/mol. The molecule has 3 aromatic rings. The van der Waals surface area contributed by atoms with Crippen LogP contribution in [0.15, 0.2) is 45.6 Å². The molecule has 1 unspecified atom stereocenters. The minimum absolute atomic E-state index is 0.0806. The van der Waals surface area contributed by atoms with Gasteiger partial charge in [-0.2, -0.15) is 0 Å². The molecule has 2 aliphatic heterocycles. The number of carbonyl (C=O) groups is 1. The van der Waals surface area contributed by atoms with Crippen molar-refractivity contribution in [1.29, 1.82) is 0 Å². The Bertz CT molecular complexity index is 1380. The summed E-state index contributed by atoms with van der Waals surface area (Å²) in [5.41, 5.74) is 1.17. The van der Waals surface area contributed by atoms with E-state index >= 15 is 0 Å². The molecule has 1 atom stereocenters. The lowest BCUT2D eigenvalue weighted by Gasteiger charge is -2.31. The van der Waals surface area contributed by atoms with Crippen LogP contribution in [0.4, 0.5) is 0 Å². The lowest BCUT2D eigenvalue weighted by molar-refractivity contribution is 0.0314. The molecule has 8 nitrogen and oxygen atoms in total. The van der Waals surface area contributed by atoms with Crippen molar-refractivity contribution in [2.45, 2.75) is 38.6 Å². The Labute approximate surface area is 233 Å². The van der Waals surface area contributed by atoms with Gasteiger partial charge in [-0.3, -0.25) is 14.5 Å². The molecule has 1 saturated heterocycles. The van der Waals surface area contributed by atoms with Crippen LogP contribution >= 0.6 is 11.6 Å². The van der Waals surface area contributed by atoms with Crippen molar-refractivity contribution in [3.63, 3.8) is 0 Å². The van der Waals surface area contributed by atoms with E-state index in [9.17, 15) is 9.59 Å². The summed E-state index contributed by atoms with van der Waals surface area (Å²) in [7, 11) is 1.59. The van der Waals surface area contributed by atoms with Crippen LogP contribution in [0.5, 0.6) is 11.5 Å². The quantitative estimate of drug-likeness (QED) is 0.298. The third kappa shape index (κ3) is 5.78. The van der Waals surface area contributed by atoms with Crippen molar-refractivity contribution in [2.24, 2.45) is 0 Å². The number of hydrogen-bond donors (Lipinski definition) is 0. The fraction of sp³-hybridized carbons (Fsp3) is 0.467. The van der Waals surface area contributed by atoms with E-state index in [4.69, 9.17) is 30.2 Å². The number of rotatable bonds is 11. The molecule has 0 N–H and O–H groups in total. The van der Waals surface area contributed by atoms with Gasteiger partial charge in [0.1, 0.15) is 5.58 Å². The summed E-state index contributed by atoms with van der Waals surface area (Å²) in [4.78, 5) is 31.5. The zero-order chi connectivity index (χ0) is 27.4. The van der Waals surface area contributed by atoms with Crippen LogP contribution in [0.2, 0.25) is 5.02 Å². The first-order chi connectivity index (χ1) is 19.0. The van der Waals surface area contributed by atoms with Crippen LogP contribution in [0.25, 0.3) is 11.0 Å². The summed E-state index contributed by atoms with van der Waals surface area (Å²) in [6.45, 7) is 6.81. The Morgan fingerprint density at radius 3 is 2.59 bits per heavy atom. The molecule has 3 heterocycles. The van der Waals surface area contributed by atoms with Crippen molar-refractivity contribution in [3.05, 3.63) is 68.5 Å². The van der Waals surface area contributed by atoms with Gasteiger partial charge >= 0.3 is 0 Å². The van der Waals surface area contributed by atoms with E-state index in [0.717, 1.165) is 37.9 Å². The first kappa shape index (κ1) is 27.5. The van der Waals surface area contributed by atoms with Gasteiger partial charge in [-0.1, -0.05) is 43.9 Å². The summed E-state index contributed by atoms with van der Waals surface area (Å²) < 4.78 is 23.2. The van der Waals surface area contributed by atoms with Gasteiger partial charge in [0.15, 0.2) is 16.9 Å². The molecule has 0 saturated carbocycles. The maximum Gasteiger partial charge on any atom is 0.290 e. The molecule has 1 amide bonds. The molecule has 2 aliphatic rings. The highest BCUT2D eigenvalue weighted by atomic mass is 35.5. The Morgan fingerprint density at radius 1 is 1.00 bits per heavy atom. The first-order valence-electron chi connectivity index (χ1n) is 13.7. The molecule has 0 radical (unpaired) electrons. The number of nitrogens with zero attached hydrogens (tertiary/aromatic N) is 2. The highest BCUT2D eigenvalue weighted by Crippen LogP contribution is 2.41. The monoisotopic (exact) mass is 554 g/mol. The van der Waals surface area contributed by atoms with Gasteiger partial charge in [0, 0.05) is 31.2 Å². The molecule has 1 aromatic heterocycles. The second-order valence-corrected chi connectivity index (χ2v) is 10.4. The van der Waals surface area contributed by atoms with Crippen molar-refractivity contribution in [2.75, 3.05) is 53.1 Å². The molecular weight excluding hydrogens is 520 g/mol. The van der Waals surface area contributed by atoms with E-state index in [1.165, 1.54) is 6.42 Å². The first-order valence-corrected chi connectivity index (χ1v) is 14.1. The molecule has 1 fully saturated rings. The number of morpholine rings is 1. The highest BCUT2D eigenvalue weighted by Gasteiger charge is 2.43. The number of halogens is 1. The third-order valence-electron chi connectivity index (χ3n) is 7.45. The number of amides is 1. The number of methoxy groups -OCH3 is 1. The number of fused-ring (bicyclic) bond motifs is 2. The van der Waals surface area contributed by atoms with Crippen LogP contribution in [0, 0.1) is 0 Å². The van der Waals surface area contributed by atoms with Gasteiger partial charge in [-0.15, -0.1) is 0 Å². The van der Waals surface area contributed by atoms with Gasteiger partial charge in [-0.05, 0) is 42.3 Å². The Kier molecular flexibility index (Phi) is 8.75. The Balaban J connectivity index is 1.51. The fourth-order valence-electron chi connectivity index (χ4n) is 5.33. The van der Waals surface area contributed by atoms with E-state index in [1.54, 1.807) is 30.2 Å². The molecule has 39 heavy (non-hydrogen) atoms. The Morgan fingerprint density at radius 2 is 1.82 bits per heavy atom. The summed E-state index contributed by atoms with van der Waals surface area (Å²) in [6.07, 6.45) is 4.42. The number of benzene rings is 2. The van der Waals surface area contributed by atoms with Gasteiger partial charge in [0.05, 0.1) is 43.9 Å². The van der Waals surface area contributed by atoms with Crippen LogP contribution in [-0.2, 0) is 4.74 Å². The molecular formula is C30H35ClN2O6. The van der Waals surface area contributed by atoms with Crippen LogP contribution in [0.3, 0.4) is 0 Å². The predicted octanol–water partition coefficient (Wildman–Crippen LogP) is 5.29. The normalized spacial score (nSPS) is 17.6. The lowest BCUT2D eigenvalue weighted by atomic mass is 9.98. The maximum absolute atomic E-state index is 13.8. The molecule has 0 bridgehead atoms. The zero-order valence-corrected chi connectivity index (χ0v) is 23.3. The summed E-state index contributed by atoms with van der Waals surface area (Å²) in [5, 5.41) is 0.787.